The molecule has 2 amide bonds. The van der Waals surface area contributed by atoms with Gasteiger partial charge in [-0.1, -0.05) is 39.0 Å². The molecule has 32 heavy (non-hydrogen) atoms. The minimum atomic E-state index is -0.249. The van der Waals surface area contributed by atoms with E-state index in [0.29, 0.717) is 31.7 Å². The summed E-state index contributed by atoms with van der Waals surface area (Å²) in [6, 6.07) is 11.3. The van der Waals surface area contributed by atoms with Gasteiger partial charge < -0.3 is 15.0 Å². The van der Waals surface area contributed by atoms with Crippen molar-refractivity contribution in [2.75, 3.05) is 25.0 Å². The van der Waals surface area contributed by atoms with Crippen molar-refractivity contribution in [2.24, 2.45) is 5.92 Å². The molecule has 0 spiro atoms. The number of carbonyl (C=O) groups excluding carboxylic acids is 2. The number of piperidine rings is 1. The van der Waals surface area contributed by atoms with E-state index in [9.17, 15) is 9.59 Å². The lowest BCUT2D eigenvalue weighted by molar-refractivity contribution is -0.136. The van der Waals surface area contributed by atoms with Crippen LogP contribution in [0.2, 0.25) is 0 Å². The predicted octanol–water partition coefficient (Wildman–Crippen LogP) is 4.19. The Kier molecular flexibility index (Phi) is 6.96. The third-order valence-electron chi connectivity index (χ3n) is 5.69. The van der Waals surface area contributed by atoms with Gasteiger partial charge in [-0.25, -0.2) is 4.68 Å². The summed E-state index contributed by atoms with van der Waals surface area (Å²) in [6.45, 7) is 13.7. The number of anilines is 1. The molecular weight excluding hydrogens is 404 g/mol. The summed E-state index contributed by atoms with van der Waals surface area (Å²) in [5, 5.41) is 7.87. The first kappa shape index (κ1) is 23.8. The summed E-state index contributed by atoms with van der Waals surface area (Å²) in [5.41, 5.74) is 0.589. The largest absolute Gasteiger partial charge is 0.484 e. The third kappa shape index (κ3) is 5.90. The van der Waals surface area contributed by atoms with Crippen LogP contribution in [0.25, 0.3) is 0 Å². The van der Waals surface area contributed by atoms with E-state index >= 15 is 0 Å². The lowest BCUT2D eigenvalue weighted by Crippen LogP contribution is -2.43. The van der Waals surface area contributed by atoms with E-state index in [1.807, 2.05) is 41.1 Å². The van der Waals surface area contributed by atoms with Gasteiger partial charge in [0.25, 0.3) is 5.91 Å². The first-order valence-corrected chi connectivity index (χ1v) is 11.3. The molecule has 1 fully saturated rings. The van der Waals surface area contributed by atoms with Crippen LogP contribution in [0.15, 0.2) is 36.4 Å². The van der Waals surface area contributed by atoms with Crippen molar-refractivity contribution in [1.82, 2.24) is 14.7 Å². The Morgan fingerprint density at radius 3 is 2.25 bits per heavy atom. The van der Waals surface area contributed by atoms with Crippen LogP contribution in [0.5, 0.6) is 5.75 Å². The summed E-state index contributed by atoms with van der Waals surface area (Å²) in [7, 11) is 0. The van der Waals surface area contributed by atoms with Gasteiger partial charge in [-0.05, 0) is 45.7 Å². The van der Waals surface area contributed by atoms with E-state index in [2.05, 4.69) is 46.9 Å². The monoisotopic (exact) mass is 440 g/mol. The topological polar surface area (TPSA) is 76.5 Å². The number of nitrogens with one attached hydrogen (secondary N) is 1. The molecule has 1 N–H and O–H groups in total. The van der Waals surface area contributed by atoms with Gasteiger partial charge in [-0.15, -0.1) is 0 Å². The molecule has 0 radical (unpaired) electrons. The number of para-hydroxylation sites is 1. The van der Waals surface area contributed by atoms with Gasteiger partial charge in [0.2, 0.25) is 5.91 Å². The van der Waals surface area contributed by atoms with Gasteiger partial charge in [-0.2, -0.15) is 5.10 Å². The number of aromatic nitrogens is 2. The summed E-state index contributed by atoms with van der Waals surface area (Å²) in [4.78, 5) is 27.3. The molecule has 3 rings (SSSR count). The van der Waals surface area contributed by atoms with Gasteiger partial charge in [0.1, 0.15) is 11.6 Å². The molecule has 1 aliphatic heterocycles. The molecule has 7 heteroatoms. The van der Waals surface area contributed by atoms with E-state index < -0.39 is 0 Å². The molecule has 0 aliphatic carbocycles. The van der Waals surface area contributed by atoms with Crippen molar-refractivity contribution in [3.05, 3.63) is 42.1 Å². The molecule has 1 aromatic carbocycles. The Morgan fingerprint density at radius 1 is 1.06 bits per heavy atom. The Bertz CT molecular complexity index is 930. The van der Waals surface area contributed by atoms with Crippen molar-refractivity contribution < 1.29 is 14.3 Å². The fourth-order valence-electron chi connectivity index (χ4n) is 3.72. The van der Waals surface area contributed by atoms with Crippen LogP contribution >= 0.6 is 0 Å². The van der Waals surface area contributed by atoms with E-state index in [4.69, 9.17) is 9.84 Å². The lowest BCUT2D eigenvalue weighted by Gasteiger charge is -2.31. The Labute approximate surface area is 191 Å². The summed E-state index contributed by atoms with van der Waals surface area (Å²) in [5.74, 6) is 1.22. The zero-order valence-corrected chi connectivity index (χ0v) is 20.1. The molecule has 1 aromatic heterocycles. The fraction of sp³-hybridized carbons (Fsp3) is 0.560. The molecule has 0 bridgehead atoms. The summed E-state index contributed by atoms with van der Waals surface area (Å²) in [6.07, 6.45) is 1.28. The highest BCUT2D eigenvalue weighted by atomic mass is 16.5. The van der Waals surface area contributed by atoms with Gasteiger partial charge in [-0.3, -0.25) is 9.59 Å². The molecule has 7 nitrogen and oxygen atoms in total. The van der Waals surface area contributed by atoms with Crippen LogP contribution in [0, 0.1) is 5.92 Å². The maximum Gasteiger partial charge on any atom is 0.260 e. The molecule has 2 aromatic rings. The number of nitrogens with zero attached hydrogens (tertiary/aromatic N) is 3. The molecule has 0 atom stereocenters. The molecule has 1 aliphatic rings. The van der Waals surface area contributed by atoms with Gasteiger partial charge in [0.05, 0.1) is 11.2 Å². The quantitative estimate of drug-likeness (QED) is 0.756. The zero-order chi connectivity index (χ0) is 23.5. The molecular formula is C25H36N4O3. The Balaban J connectivity index is 1.57. The van der Waals surface area contributed by atoms with Crippen molar-refractivity contribution in [3.63, 3.8) is 0 Å². The minimum absolute atomic E-state index is 0.0107. The number of carbonyl (C=O) groups is 2. The average Bonchev–Trinajstić information content (AvgIpc) is 3.18. The second kappa shape index (κ2) is 9.35. The van der Waals surface area contributed by atoms with Gasteiger partial charge in [0.15, 0.2) is 6.61 Å². The highest BCUT2D eigenvalue weighted by Crippen LogP contribution is 2.29. The van der Waals surface area contributed by atoms with Crippen LogP contribution in [-0.4, -0.2) is 46.2 Å². The number of rotatable bonds is 5. The summed E-state index contributed by atoms with van der Waals surface area (Å²) >= 11 is 0. The average molecular weight is 441 g/mol. The molecule has 2 heterocycles. The zero-order valence-electron chi connectivity index (χ0n) is 20.1. The number of ether oxygens (including phenoxy) is 1. The molecule has 0 unspecified atom stereocenters. The highest BCUT2D eigenvalue weighted by Gasteiger charge is 2.30. The fourth-order valence-corrected chi connectivity index (χ4v) is 3.72. The predicted molar refractivity (Wildman–Crippen MR) is 126 cm³/mol. The van der Waals surface area contributed by atoms with Gasteiger partial charge in [0, 0.05) is 30.5 Å². The maximum atomic E-state index is 13.0. The van der Waals surface area contributed by atoms with E-state index in [-0.39, 0.29) is 35.3 Å². The van der Waals surface area contributed by atoms with Crippen LogP contribution in [0.3, 0.4) is 0 Å². The minimum Gasteiger partial charge on any atom is -0.484 e. The first-order chi connectivity index (χ1) is 14.9. The van der Waals surface area contributed by atoms with Crippen molar-refractivity contribution >= 4 is 17.6 Å². The smallest absolute Gasteiger partial charge is 0.260 e. The number of hydrogen-bond donors (Lipinski definition) is 1. The SMILES string of the molecule is CC(C)(C)c1cc(NC(=O)C2CCN(C(=O)COc3ccccc3)CC2)n(C(C)(C)C)n1. The van der Waals surface area contributed by atoms with E-state index in [0.717, 1.165) is 11.5 Å². The second-order valence-corrected chi connectivity index (χ2v) is 10.5. The molecule has 174 valence electrons. The van der Waals surface area contributed by atoms with E-state index in [1.165, 1.54) is 0 Å². The standard InChI is InChI=1S/C25H36N4O3/c1-24(2,3)20-16-21(29(27-20)25(4,5)6)26-23(31)18-12-14-28(15-13-18)22(30)17-32-19-10-8-7-9-11-19/h7-11,16,18H,12-15,17H2,1-6H3,(H,26,31). The van der Waals surface area contributed by atoms with Crippen LogP contribution in [-0.2, 0) is 20.5 Å². The van der Waals surface area contributed by atoms with Crippen LogP contribution in [0.4, 0.5) is 5.82 Å². The third-order valence-corrected chi connectivity index (χ3v) is 5.69. The Hall–Kier alpha value is -2.83. The number of hydrogen-bond acceptors (Lipinski definition) is 4. The van der Waals surface area contributed by atoms with Crippen molar-refractivity contribution in [2.45, 2.75) is 65.3 Å². The number of likely N-dealkylation sites (tertiary alicyclic amines) is 1. The number of amides is 2. The van der Waals surface area contributed by atoms with E-state index in [1.54, 1.807) is 4.90 Å². The lowest BCUT2D eigenvalue weighted by atomic mass is 9.92. The molecule has 0 saturated carbocycles. The van der Waals surface area contributed by atoms with Crippen molar-refractivity contribution in [3.8, 4) is 5.75 Å². The van der Waals surface area contributed by atoms with Crippen LogP contribution in [0.1, 0.15) is 60.1 Å². The first-order valence-electron chi connectivity index (χ1n) is 11.3. The van der Waals surface area contributed by atoms with Gasteiger partial charge >= 0.3 is 0 Å². The Morgan fingerprint density at radius 2 is 1.69 bits per heavy atom. The molecule has 1 saturated heterocycles. The highest BCUT2D eigenvalue weighted by molar-refractivity contribution is 5.92. The number of benzene rings is 1. The van der Waals surface area contributed by atoms with Crippen LogP contribution < -0.4 is 10.1 Å². The maximum absolute atomic E-state index is 13.0. The second-order valence-electron chi connectivity index (χ2n) is 10.5. The summed E-state index contributed by atoms with van der Waals surface area (Å²) < 4.78 is 7.46. The van der Waals surface area contributed by atoms with Crippen molar-refractivity contribution in [1.29, 1.82) is 0 Å². The normalized spacial score (nSPS) is 15.5.